The summed E-state index contributed by atoms with van der Waals surface area (Å²) in [6.07, 6.45) is 1.76. The topological polar surface area (TPSA) is 50.2 Å². The molecule has 2 aromatic carbocycles. The molecular formula is C14H10ClNO2. The van der Waals surface area contributed by atoms with Crippen molar-refractivity contribution in [3.8, 4) is 0 Å². The minimum Gasteiger partial charge on any atom is -0.478 e. The van der Waals surface area contributed by atoms with E-state index in [0.29, 0.717) is 0 Å². The second-order valence-corrected chi connectivity index (χ2v) is 3.87. The molecule has 0 spiro atoms. The van der Waals surface area contributed by atoms with Crippen molar-refractivity contribution in [2.24, 2.45) is 0 Å². The Balaban J connectivity index is 0.00000120. The molecule has 18 heavy (non-hydrogen) atoms. The van der Waals surface area contributed by atoms with E-state index in [1.54, 1.807) is 18.3 Å². The number of carboxylic acids is 1. The Hall–Kier alpha value is -2.13. The van der Waals surface area contributed by atoms with Crippen LogP contribution in [-0.4, -0.2) is 16.1 Å². The monoisotopic (exact) mass is 259 g/mol. The molecule has 0 aliphatic rings. The number of carbonyl (C=O) groups is 1. The zero-order valence-electron chi connectivity index (χ0n) is 9.33. The van der Waals surface area contributed by atoms with Crippen LogP contribution in [0.5, 0.6) is 0 Å². The molecule has 3 aromatic rings. The molecule has 0 aliphatic carbocycles. The van der Waals surface area contributed by atoms with Crippen molar-refractivity contribution in [3.05, 3.63) is 54.2 Å². The lowest BCUT2D eigenvalue weighted by molar-refractivity contribution is 0.0697. The Morgan fingerprint density at radius 3 is 2.44 bits per heavy atom. The highest BCUT2D eigenvalue weighted by atomic mass is 35.5. The molecule has 0 aliphatic heterocycles. The van der Waals surface area contributed by atoms with E-state index in [2.05, 4.69) is 4.98 Å². The molecule has 0 bridgehead atoms. The molecular weight excluding hydrogens is 250 g/mol. The lowest BCUT2D eigenvalue weighted by Crippen LogP contribution is -1.92. The Morgan fingerprint density at radius 2 is 1.67 bits per heavy atom. The normalized spacial score (nSPS) is 10.2. The minimum atomic E-state index is -0.915. The molecule has 0 atom stereocenters. The van der Waals surface area contributed by atoms with E-state index in [9.17, 15) is 4.79 Å². The van der Waals surface area contributed by atoms with Crippen molar-refractivity contribution < 1.29 is 9.90 Å². The lowest BCUT2D eigenvalue weighted by atomic mass is 10.1. The number of fused-ring (bicyclic) bond motifs is 3. The van der Waals surface area contributed by atoms with Gasteiger partial charge in [0.25, 0.3) is 0 Å². The third kappa shape index (κ3) is 1.89. The van der Waals surface area contributed by atoms with Crippen LogP contribution in [0.1, 0.15) is 10.4 Å². The molecule has 0 unspecified atom stereocenters. The Bertz CT molecular complexity index is 740. The average Bonchev–Trinajstić information content (AvgIpc) is 2.67. The van der Waals surface area contributed by atoms with Gasteiger partial charge in [-0.15, -0.1) is 12.4 Å². The van der Waals surface area contributed by atoms with Crippen molar-refractivity contribution in [1.82, 2.24) is 4.98 Å². The first-order valence-corrected chi connectivity index (χ1v) is 5.26. The summed E-state index contributed by atoms with van der Waals surface area (Å²) in [7, 11) is 0. The number of aromatic carboxylic acids is 1. The third-order valence-corrected chi connectivity index (χ3v) is 2.87. The highest BCUT2D eigenvalue weighted by molar-refractivity contribution is 6.06. The van der Waals surface area contributed by atoms with E-state index >= 15 is 0 Å². The maximum absolute atomic E-state index is 10.9. The van der Waals surface area contributed by atoms with Crippen molar-refractivity contribution in [3.63, 3.8) is 0 Å². The molecule has 3 nitrogen and oxygen atoms in total. The Labute approximate surface area is 109 Å². The van der Waals surface area contributed by atoms with Gasteiger partial charge in [-0.25, -0.2) is 4.79 Å². The molecule has 0 fully saturated rings. The zero-order valence-corrected chi connectivity index (χ0v) is 10.1. The SMILES string of the molecule is Cl.O=C(O)c1ccc2ccc3nccc3c2cc1. The van der Waals surface area contributed by atoms with Gasteiger partial charge in [-0.2, -0.15) is 0 Å². The van der Waals surface area contributed by atoms with Gasteiger partial charge in [0.15, 0.2) is 0 Å². The molecule has 1 aromatic heterocycles. The van der Waals surface area contributed by atoms with Crippen LogP contribution in [0.4, 0.5) is 0 Å². The largest absolute Gasteiger partial charge is 0.478 e. The van der Waals surface area contributed by atoms with E-state index in [0.717, 1.165) is 21.7 Å². The number of carboxylic acid groups (broad SMARTS) is 1. The second kappa shape index (κ2) is 4.63. The van der Waals surface area contributed by atoms with Crippen molar-refractivity contribution in [2.75, 3.05) is 0 Å². The number of rotatable bonds is 1. The maximum Gasteiger partial charge on any atom is 0.335 e. The van der Waals surface area contributed by atoms with Crippen LogP contribution < -0.4 is 0 Å². The summed E-state index contributed by atoms with van der Waals surface area (Å²) >= 11 is 0. The van der Waals surface area contributed by atoms with Gasteiger partial charge >= 0.3 is 5.97 Å². The first-order chi connectivity index (χ1) is 8.25. The van der Waals surface area contributed by atoms with Crippen LogP contribution in [0, 0.1) is 0 Å². The summed E-state index contributed by atoms with van der Waals surface area (Å²) < 4.78 is 0. The Morgan fingerprint density at radius 1 is 0.944 bits per heavy atom. The smallest absolute Gasteiger partial charge is 0.335 e. The number of hydrogen-bond acceptors (Lipinski definition) is 2. The number of hydrogen-bond donors (Lipinski definition) is 1. The van der Waals surface area contributed by atoms with E-state index in [1.165, 1.54) is 0 Å². The number of nitrogens with zero attached hydrogens (tertiary/aromatic N) is 1. The van der Waals surface area contributed by atoms with Crippen LogP contribution >= 0.6 is 12.4 Å². The first-order valence-electron chi connectivity index (χ1n) is 5.26. The molecule has 4 heteroatoms. The highest BCUT2D eigenvalue weighted by Crippen LogP contribution is 2.24. The summed E-state index contributed by atoms with van der Waals surface area (Å²) in [5, 5.41) is 12.0. The predicted octanol–water partition coefficient (Wildman–Crippen LogP) is 3.51. The first kappa shape index (κ1) is 12.3. The quantitative estimate of drug-likeness (QED) is 0.728. The van der Waals surface area contributed by atoms with Crippen LogP contribution in [0.2, 0.25) is 0 Å². The molecule has 3 rings (SSSR count). The Kier molecular flexibility index (Phi) is 3.17. The summed E-state index contributed by atoms with van der Waals surface area (Å²) in [5.41, 5.74) is 1.22. The number of aromatic nitrogens is 1. The summed E-state index contributed by atoms with van der Waals surface area (Å²) in [5.74, 6) is -0.915. The minimum absolute atomic E-state index is 0. The zero-order chi connectivity index (χ0) is 11.8. The molecule has 1 N–H and O–H groups in total. The van der Waals surface area contributed by atoms with Crippen molar-refractivity contribution in [1.29, 1.82) is 0 Å². The number of halogens is 1. The highest BCUT2D eigenvalue weighted by Gasteiger charge is 2.03. The predicted molar refractivity (Wildman–Crippen MR) is 73.5 cm³/mol. The molecule has 0 saturated carbocycles. The van der Waals surface area contributed by atoms with Crippen LogP contribution in [0.15, 0.2) is 48.7 Å². The van der Waals surface area contributed by atoms with Crippen LogP contribution in [0.25, 0.3) is 21.7 Å². The average molecular weight is 260 g/mol. The lowest BCUT2D eigenvalue weighted by Gasteiger charge is -1.93. The van der Waals surface area contributed by atoms with Crippen LogP contribution in [-0.2, 0) is 0 Å². The summed E-state index contributed by atoms with van der Waals surface area (Å²) in [6.45, 7) is 0. The van der Waals surface area contributed by atoms with Gasteiger partial charge in [0.05, 0.1) is 11.1 Å². The van der Waals surface area contributed by atoms with E-state index in [1.807, 2.05) is 30.3 Å². The fraction of sp³-hybridized carbons (Fsp3) is 0. The van der Waals surface area contributed by atoms with Gasteiger partial charge in [-0.1, -0.05) is 18.2 Å². The molecule has 90 valence electrons. The molecule has 0 radical (unpaired) electrons. The van der Waals surface area contributed by atoms with Gasteiger partial charge in [0.2, 0.25) is 0 Å². The van der Waals surface area contributed by atoms with Gasteiger partial charge in [-0.05, 0) is 35.0 Å². The van der Waals surface area contributed by atoms with Gasteiger partial charge < -0.3 is 5.11 Å². The molecule has 0 amide bonds. The van der Waals surface area contributed by atoms with E-state index in [-0.39, 0.29) is 18.0 Å². The third-order valence-electron chi connectivity index (χ3n) is 2.87. The second-order valence-electron chi connectivity index (χ2n) is 3.87. The summed E-state index contributed by atoms with van der Waals surface area (Å²) in [4.78, 5) is 15.2. The van der Waals surface area contributed by atoms with Crippen molar-refractivity contribution >= 4 is 40.1 Å². The van der Waals surface area contributed by atoms with Crippen LogP contribution in [0.3, 0.4) is 0 Å². The molecule has 1 heterocycles. The fourth-order valence-electron chi connectivity index (χ4n) is 2.00. The fourth-order valence-corrected chi connectivity index (χ4v) is 2.00. The van der Waals surface area contributed by atoms with Gasteiger partial charge in [0.1, 0.15) is 0 Å². The summed E-state index contributed by atoms with van der Waals surface area (Å²) in [6, 6.07) is 12.7. The standard InChI is InChI=1S/C14H9NO2.ClH/c16-14(17)10-2-1-9-4-6-13-12(7-8-15-13)11(9)5-3-10;/h1-8H,(H,16,17);1H. The van der Waals surface area contributed by atoms with E-state index < -0.39 is 5.97 Å². The van der Waals surface area contributed by atoms with Gasteiger partial charge in [-0.3, -0.25) is 4.98 Å². The van der Waals surface area contributed by atoms with Crippen molar-refractivity contribution in [2.45, 2.75) is 0 Å². The van der Waals surface area contributed by atoms with Gasteiger partial charge in [0, 0.05) is 11.6 Å². The maximum atomic E-state index is 10.9. The number of benzene rings is 1. The van der Waals surface area contributed by atoms with E-state index in [4.69, 9.17) is 5.11 Å². The molecule has 0 saturated heterocycles.